The Kier molecular flexibility index (Phi) is 34.9. The second-order valence-electron chi connectivity index (χ2n) is 8.01. The second kappa shape index (κ2) is 29.2. The third-order valence-electron chi connectivity index (χ3n) is 5.19. The van der Waals surface area contributed by atoms with E-state index >= 15 is 0 Å². The van der Waals surface area contributed by atoms with Gasteiger partial charge in [0, 0.05) is 23.3 Å². The molecule has 0 bridgehead atoms. The van der Waals surface area contributed by atoms with Crippen molar-refractivity contribution >= 4 is 22.0 Å². The summed E-state index contributed by atoms with van der Waals surface area (Å²) in [6.07, 6.45) is 15.3. The van der Waals surface area contributed by atoms with Crippen LogP contribution in [0.15, 0.2) is 21.0 Å². The Hall–Kier alpha value is -0.830. The predicted molar refractivity (Wildman–Crippen MR) is 160 cm³/mol. The van der Waals surface area contributed by atoms with Gasteiger partial charge in [-0.05, 0) is 53.3 Å². The second-order valence-corrected chi connectivity index (χ2v) is 8.87. The third kappa shape index (κ3) is 21.4. The van der Waals surface area contributed by atoms with Gasteiger partial charge in [0.2, 0.25) is 0 Å². The molecule has 3 heteroatoms. The van der Waals surface area contributed by atoms with Crippen LogP contribution >= 0.6 is 15.9 Å². The number of aryl methyl sites for hydroxylation is 1. The fourth-order valence-electron chi connectivity index (χ4n) is 2.58. The Morgan fingerprint density at radius 2 is 1.39 bits per heavy atom. The maximum atomic E-state index is 12.2. The first kappa shape index (κ1) is 39.4. The van der Waals surface area contributed by atoms with Gasteiger partial charge in [-0.2, -0.15) is 0 Å². The monoisotopic (exact) mass is 529 g/mol. The zero-order valence-corrected chi connectivity index (χ0v) is 26.4. The molecular formula is C30H60BrNO. The summed E-state index contributed by atoms with van der Waals surface area (Å²) in [6.45, 7) is 25.4. The van der Waals surface area contributed by atoms with Crippen LogP contribution in [0.1, 0.15) is 145 Å². The molecule has 0 spiro atoms. The summed E-state index contributed by atoms with van der Waals surface area (Å²) in [6, 6.07) is 0. The van der Waals surface area contributed by atoms with E-state index in [1.165, 1.54) is 50.5 Å². The third-order valence-corrected chi connectivity index (χ3v) is 5.99. The summed E-state index contributed by atoms with van der Waals surface area (Å²) in [5.74, 6) is 0.669. The highest BCUT2D eigenvalue weighted by Gasteiger charge is 2.10. The molecule has 0 amide bonds. The Labute approximate surface area is 217 Å². The maximum absolute atomic E-state index is 12.2. The van der Waals surface area contributed by atoms with E-state index < -0.39 is 0 Å². The van der Waals surface area contributed by atoms with Crippen molar-refractivity contribution in [1.29, 1.82) is 0 Å². The summed E-state index contributed by atoms with van der Waals surface area (Å²) in [7, 11) is 1.80. The van der Waals surface area contributed by atoms with Crippen LogP contribution in [0, 0.1) is 12.8 Å². The van der Waals surface area contributed by atoms with Gasteiger partial charge in [0.05, 0.1) is 0 Å². The van der Waals surface area contributed by atoms with Crippen molar-refractivity contribution in [3.05, 3.63) is 37.7 Å². The van der Waals surface area contributed by atoms with Crippen molar-refractivity contribution in [3.8, 4) is 0 Å². The predicted octanol–water partition coefficient (Wildman–Crippen LogP) is 11.1. The summed E-state index contributed by atoms with van der Waals surface area (Å²) >= 11 is 3.52. The molecule has 1 heterocycles. The molecule has 1 rings (SSSR count). The summed E-state index contributed by atoms with van der Waals surface area (Å²) in [5.41, 5.74) is 3.28. The van der Waals surface area contributed by atoms with Crippen LogP contribution in [0.5, 0.6) is 0 Å². The summed E-state index contributed by atoms with van der Waals surface area (Å²) < 4.78 is 2.62. The fraction of sp³-hybridized carbons (Fsp3) is 0.767. The van der Waals surface area contributed by atoms with E-state index in [-0.39, 0.29) is 5.56 Å². The minimum Gasteiger partial charge on any atom is -0.317 e. The lowest BCUT2D eigenvalue weighted by Gasteiger charge is -2.12. The van der Waals surface area contributed by atoms with Crippen LogP contribution < -0.4 is 5.56 Å². The molecule has 33 heavy (non-hydrogen) atoms. The Balaban J connectivity index is -0.000000248. The van der Waals surface area contributed by atoms with Crippen LogP contribution in [-0.4, -0.2) is 4.57 Å². The largest absolute Gasteiger partial charge is 0.317 e. The van der Waals surface area contributed by atoms with Crippen molar-refractivity contribution in [3.63, 3.8) is 0 Å². The van der Waals surface area contributed by atoms with Crippen molar-refractivity contribution < 1.29 is 0 Å². The van der Waals surface area contributed by atoms with Crippen molar-refractivity contribution in [2.24, 2.45) is 13.0 Å². The zero-order valence-electron chi connectivity index (χ0n) is 24.8. The molecular weight excluding hydrogens is 470 g/mol. The number of hydrogen-bond acceptors (Lipinski definition) is 1. The number of nitrogens with zero attached hydrogens (tertiary/aromatic N) is 1. The highest BCUT2D eigenvalue weighted by molar-refractivity contribution is 9.10. The van der Waals surface area contributed by atoms with Gasteiger partial charge in [-0.25, -0.2) is 0 Å². The Morgan fingerprint density at radius 3 is 1.73 bits per heavy atom. The summed E-state index contributed by atoms with van der Waals surface area (Å²) in [5, 5.41) is 0. The van der Waals surface area contributed by atoms with Gasteiger partial charge in [0.25, 0.3) is 5.56 Å². The fourth-order valence-corrected chi connectivity index (χ4v) is 3.10. The molecule has 0 aliphatic carbocycles. The molecule has 198 valence electrons. The molecule has 0 aromatic carbocycles. The van der Waals surface area contributed by atoms with Gasteiger partial charge >= 0.3 is 0 Å². The Morgan fingerprint density at radius 1 is 0.939 bits per heavy atom. The van der Waals surface area contributed by atoms with E-state index in [0.29, 0.717) is 5.92 Å². The van der Waals surface area contributed by atoms with Gasteiger partial charge in [0.1, 0.15) is 0 Å². The lowest BCUT2D eigenvalue weighted by molar-refractivity contribution is 0.552. The molecule has 0 aliphatic heterocycles. The molecule has 0 unspecified atom stereocenters. The average Bonchev–Trinajstić information content (AvgIpc) is 2.86. The number of halogens is 1. The van der Waals surface area contributed by atoms with Crippen LogP contribution in [0.2, 0.25) is 0 Å². The quantitative estimate of drug-likeness (QED) is 0.291. The molecule has 1 aromatic rings. The van der Waals surface area contributed by atoms with Crippen LogP contribution in [0.3, 0.4) is 0 Å². The number of aromatic nitrogens is 1. The molecule has 1 atom stereocenters. The zero-order chi connectivity index (χ0) is 26.8. The van der Waals surface area contributed by atoms with Gasteiger partial charge in [0.15, 0.2) is 0 Å². The van der Waals surface area contributed by atoms with E-state index in [0.717, 1.165) is 28.4 Å². The molecule has 0 radical (unpaired) electrons. The standard InChI is InChI=1S/C16H24BrNO.C6H14.C4H10.2C2H6/c1-6-11(3)8-13(7-2)9-14-12(4)15(17)10-18(5)16(14)19;1-3-5-6-4-2;1-3-4-2;2*1-2/h9-11H,6-8H2,1-5H3;3-6H2,1-2H3;3-4H2,1-2H3;2*1-2H3/b13-9+;;;;/t11-;;;;/m1..../s1. The highest BCUT2D eigenvalue weighted by atomic mass is 79.9. The lowest BCUT2D eigenvalue weighted by Crippen LogP contribution is -2.20. The average molecular weight is 531 g/mol. The van der Waals surface area contributed by atoms with E-state index in [9.17, 15) is 4.79 Å². The lowest BCUT2D eigenvalue weighted by atomic mass is 9.95. The molecule has 2 nitrogen and oxygen atoms in total. The topological polar surface area (TPSA) is 22.0 Å². The minimum atomic E-state index is 0.0794. The molecule has 1 aromatic heterocycles. The van der Waals surface area contributed by atoms with Crippen molar-refractivity contribution in [2.45, 2.75) is 141 Å². The van der Waals surface area contributed by atoms with Gasteiger partial charge in [-0.3, -0.25) is 4.79 Å². The first-order valence-corrected chi connectivity index (χ1v) is 14.6. The molecule has 0 aliphatic rings. The Bertz CT molecular complexity index is 610. The normalized spacial score (nSPS) is 10.8. The smallest absolute Gasteiger partial charge is 0.257 e. The van der Waals surface area contributed by atoms with Gasteiger partial charge in [-0.15, -0.1) is 0 Å². The van der Waals surface area contributed by atoms with E-state index in [1.807, 2.05) is 40.8 Å². The first-order valence-electron chi connectivity index (χ1n) is 13.8. The van der Waals surface area contributed by atoms with E-state index in [4.69, 9.17) is 0 Å². The number of rotatable bonds is 9. The highest BCUT2D eigenvalue weighted by Crippen LogP contribution is 2.23. The molecule has 0 fully saturated rings. The SMILES string of the molecule is CC.CC.CC/C(=C\c1c(C)c(Br)cn(C)c1=O)C[C@H](C)CC.CCCC.CCCCCC. The van der Waals surface area contributed by atoms with Crippen molar-refractivity contribution in [1.82, 2.24) is 4.57 Å². The molecule has 0 saturated heterocycles. The first-order chi connectivity index (χ1) is 15.7. The van der Waals surface area contributed by atoms with Crippen LogP contribution in [0.25, 0.3) is 6.08 Å². The minimum absolute atomic E-state index is 0.0794. The van der Waals surface area contributed by atoms with Gasteiger partial charge < -0.3 is 4.57 Å². The van der Waals surface area contributed by atoms with E-state index in [2.05, 4.69) is 70.5 Å². The molecule has 0 N–H and O–H groups in total. The number of hydrogen-bond donors (Lipinski definition) is 0. The molecule has 0 saturated carbocycles. The van der Waals surface area contributed by atoms with Crippen LogP contribution in [-0.2, 0) is 7.05 Å². The maximum Gasteiger partial charge on any atom is 0.257 e. The number of unbranched alkanes of at least 4 members (excludes halogenated alkanes) is 4. The van der Waals surface area contributed by atoms with Crippen molar-refractivity contribution in [2.75, 3.05) is 0 Å². The summed E-state index contributed by atoms with van der Waals surface area (Å²) in [4.78, 5) is 12.2. The van der Waals surface area contributed by atoms with E-state index in [1.54, 1.807) is 11.6 Å². The van der Waals surface area contributed by atoms with Crippen LogP contribution in [0.4, 0.5) is 0 Å². The van der Waals surface area contributed by atoms with Gasteiger partial charge in [-0.1, -0.05) is 127 Å². The number of allylic oxidation sites excluding steroid dienone is 1. The number of pyridine rings is 1.